The first kappa shape index (κ1) is 18.6. The molecule has 0 aliphatic carbocycles. The van der Waals surface area contributed by atoms with E-state index in [0.717, 1.165) is 22.4 Å². The van der Waals surface area contributed by atoms with Crippen LogP contribution < -0.4 is 10.1 Å². The van der Waals surface area contributed by atoms with Gasteiger partial charge >= 0.3 is 0 Å². The average molecular weight is 368 g/mol. The molecule has 1 heterocycles. The van der Waals surface area contributed by atoms with E-state index >= 15 is 0 Å². The molecule has 2 aromatic carbocycles. The normalized spacial score (nSPS) is 10.7. The molecule has 0 saturated carbocycles. The Bertz CT molecular complexity index is 949. The van der Waals surface area contributed by atoms with E-state index in [1.807, 2.05) is 32.0 Å². The second-order valence-corrected chi connectivity index (χ2v) is 6.36. The fraction of sp³-hybridized carbons (Fsp3) is 0.238. The molecule has 5 nitrogen and oxygen atoms in total. The zero-order valence-electron chi connectivity index (χ0n) is 15.5. The van der Waals surface area contributed by atoms with Crippen molar-refractivity contribution in [2.45, 2.75) is 33.9 Å². The van der Waals surface area contributed by atoms with Gasteiger partial charge in [-0.25, -0.2) is 4.39 Å². The Morgan fingerprint density at radius 3 is 2.63 bits per heavy atom. The molecule has 0 aliphatic heterocycles. The second kappa shape index (κ2) is 8.03. The van der Waals surface area contributed by atoms with Crippen molar-refractivity contribution in [2.75, 3.05) is 0 Å². The van der Waals surface area contributed by atoms with Crippen molar-refractivity contribution < 1.29 is 18.4 Å². The number of hydrogen-bond donors (Lipinski definition) is 1. The summed E-state index contributed by atoms with van der Waals surface area (Å²) >= 11 is 0. The average Bonchev–Trinajstić information content (AvgIpc) is 3.03. The summed E-state index contributed by atoms with van der Waals surface area (Å²) in [6, 6.07) is 11.8. The van der Waals surface area contributed by atoms with Gasteiger partial charge in [0.15, 0.2) is 5.69 Å². The maximum atomic E-state index is 13.0. The van der Waals surface area contributed by atoms with E-state index in [1.165, 1.54) is 12.1 Å². The minimum Gasteiger partial charge on any atom is -0.488 e. The van der Waals surface area contributed by atoms with Crippen molar-refractivity contribution >= 4 is 5.91 Å². The predicted octanol–water partition coefficient (Wildman–Crippen LogP) is 4.25. The highest BCUT2D eigenvalue weighted by molar-refractivity contribution is 5.93. The molecule has 3 rings (SSSR count). The second-order valence-electron chi connectivity index (χ2n) is 6.36. The molecular weight excluding hydrogens is 347 g/mol. The van der Waals surface area contributed by atoms with Gasteiger partial charge in [0.05, 0.1) is 5.56 Å². The van der Waals surface area contributed by atoms with Crippen molar-refractivity contribution in [2.24, 2.45) is 0 Å². The molecule has 0 spiro atoms. The van der Waals surface area contributed by atoms with Crippen LogP contribution in [0.4, 0.5) is 4.39 Å². The van der Waals surface area contributed by atoms with E-state index in [1.54, 1.807) is 19.1 Å². The summed E-state index contributed by atoms with van der Waals surface area (Å²) in [5.41, 5.74) is 3.77. The summed E-state index contributed by atoms with van der Waals surface area (Å²) in [7, 11) is 0. The number of nitrogens with one attached hydrogen (secondary N) is 1. The third kappa shape index (κ3) is 4.34. The number of carbonyl (C=O) groups is 1. The standard InChI is InChI=1S/C21H21FN2O3/c1-13-5-4-6-19(14(13)2)26-12-18-15(3)27-24-20(18)21(25)23-11-16-7-9-17(22)10-8-16/h4-10H,11-12H2,1-3H3,(H,23,25). The Morgan fingerprint density at radius 1 is 1.15 bits per heavy atom. The van der Waals surface area contributed by atoms with Gasteiger partial charge in [-0.3, -0.25) is 4.79 Å². The molecule has 3 aromatic rings. The van der Waals surface area contributed by atoms with Gasteiger partial charge in [0.25, 0.3) is 5.91 Å². The predicted molar refractivity (Wildman–Crippen MR) is 99.1 cm³/mol. The molecular formula is C21H21FN2O3. The molecule has 1 amide bonds. The lowest BCUT2D eigenvalue weighted by molar-refractivity contribution is 0.0939. The zero-order chi connectivity index (χ0) is 19.4. The summed E-state index contributed by atoms with van der Waals surface area (Å²) < 4.78 is 24.0. The van der Waals surface area contributed by atoms with Crippen molar-refractivity contribution in [3.63, 3.8) is 0 Å². The Hall–Kier alpha value is -3.15. The molecule has 6 heteroatoms. The number of carbonyl (C=O) groups excluding carboxylic acids is 1. The third-order valence-corrected chi connectivity index (χ3v) is 4.49. The molecule has 0 aliphatic rings. The molecule has 0 atom stereocenters. The number of nitrogens with zero attached hydrogens (tertiary/aromatic N) is 1. The van der Waals surface area contributed by atoms with Crippen LogP contribution in [0.25, 0.3) is 0 Å². The van der Waals surface area contributed by atoms with Gasteiger partial charge in [0, 0.05) is 6.54 Å². The Kier molecular flexibility index (Phi) is 5.54. The Labute approximate surface area is 157 Å². The first-order chi connectivity index (χ1) is 13.0. The van der Waals surface area contributed by atoms with E-state index in [4.69, 9.17) is 9.26 Å². The van der Waals surface area contributed by atoms with E-state index < -0.39 is 0 Å². The quantitative estimate of drug-likeness (QED) is 0.706. The van der Waals surface area contributed by atoms with Crippen LogP contribution in [0.5, 0.6) is 5.75 Å². The highest BCUT2D eigenvalue weighted by Gasteiger charge is 2.20. The van der Waals surface area contributed by atoms with Crippen LogP contribution in [0, 0.1) is 26.6 Å². The fourth-order valence-electron chi connectivity index (χ4n) is 2.64. The van der Waals surface area contributed by atoms with Crippen LogP contribution in [0.15, 0.2) is 47.0 Å². The summed E-state index contributed by atoms with van der Waals surface area (Å²) in [6.45, 7) is 6.19. The van der Waals surface area contributed by atoms with Crippen molar-refractivity contribution in [1.29, 1.82) is 0 Å². The Morgan fingerprint density at radius 2 is 1.89 bits per heavy atom. The highest BCUT2D eigenvalue weighted by atomic mass is 19.1. The first-order valence-corrected chi connectivity index (χ1v) is 8.62. The molecule has 0 fully saturated rings. The molecule has 0 radical (unpaired) electrons. The van der Waals surface area contributed by atoms with Gasteiger partial charge in [0.2, 0.25) is 0 Å². The minimum absolute atomic E-state index is 0.179. The number of amides is 1. The van der Waals surface area contributed by atoms with Crippen LogP contribution in [-0.4, -0.2) is 11.1 Å². The minimum atomic E-state index is -0.365. The molecule has 1 N–H and O–H groups in total. The smallest absolute Gasteiger partial charge is 0.274 e. The van der Waals surface area contributed by atoms with Crippen LogP contribution in [0.1, 0.15) is 38.5 Å². The SMILES string of the molecule is Cc1cccc(OCc2c(C(=O)NCc3ccc(F)cc3)noc2C)c1C. The fourth-order valence-corrected chi connectivity index (χ4v) is 2.64. The molecule has 0 bridgehead atoms. The van der Waals surface area contributed by atoms with Gasteiger partial charge in [-0.2, -0.15) is 0 Å². The van der Waals surface area contributed by atoms with Crippen LogP contribution in [0.3, 0.4) is 0 Å². The topological polar surface area (TPSA) is 64.4 Å². The number of aromatic nitrogens is 1. The van der Waals surface area contributed by atoms with Gasteiger partial charge < -0.3 is 14.6 Å². The first-order valence-electron chi connectivity index (χ1n) is 8.62. The number of aryl methyl sites for hydroxylation is 2. The summed E-state index contributed by atoms with van der Waals surface area (Å²) in [5, 5.41) is 6.63. The third-order valence-electron chi connectivity index (χ3n) is 4.49. The molecule has 140 valence electrons. The van der Waals surface area contributed by atoms with Crippen molar-refractivity contribution in [3.05, 3.63) is 82.0 Å². The number of hydrogen-bond acceptors (Lipinski definition) is 4. The van der Waals surface area contributed by atoms with Crippen LogP contribution >= 0.6 is 0 Å². The van der Waals surface area contributed by atoms with Gasteiger partial charge in [-0.15, -0.1) is 0 Å². The maximum absolute atomic E-state index is 13.0. The highest BCUT2D eigenvalue weighted by Crippen LogP contribution is 2.23. The molecule has 1 aromatic heterocycles. The van der Waals surface area contributed by atoms with Gasteiger partial charge in [-0.1, -0.05) is 29.4 Å². The number of rotatable bonds is 6. The lowest BCUT2D eigenvalue weighted by atomic mass is 10.1. The van der Waals surface area contributed by atoms with Gasteiger partial charge in [-0.05, 0) is 55.7 Å². The molecule has 0 saturated heterocycles. The number of halogens is 1. The lowest BCUT2D eigenvalue weighted by Gasteiger charge is -2.11. The summed E-state index contributed by atoms with van der Waals surface area (Å²) in [5.74, 6) is 0.610. The van der Waals surface area contributed by atoms with E-state index in [-0.39, 0.29) is 30.6 Å². The Balaban J connectivity index is 1.69. The van der Waals surface area contributed by atoms with Crippen LogP contribution in [-0.2, 0) is 13.2 Å². The molecule has 0 unspecified atom stereocenters. The monoisotopic (exact) mass is 368 g/mol. The van der Waals surface area contributed by atoms with E-state index in [2.05, 4.69) is 10.5 Å². The van der Waals surface area contributed by atoms with Crippen LogP contribution in [0.2, 0.25) is 0 Å². The molecule has 27 heavy (non-hydrogen) atoms. The van der Waals surface area contributed by atoms with Gasteiger partial charge in [0.1, 0.15) is 23.9 Å². The lowest BCUT2D eigenvalue weighted by Crippen LogP contribution is -2.24. The van der Waals surface area contributed by atoms with Crippen molar-refractivity contribution in [3.8, 4) is 5.75 Å². The maximum Gasteiger partial charge on any atom is 0.274 e. The van der Waals surface area contributed by atoms with E-state index in [9.17, 15) is 9.18 Å². The number of benzene rings is 2. The summed E-state index contributed by atoms with van der Waals surface area (Å²) in [6.07, 6.45) is 0. The summed E-state index contributed by atoms with van der Waals surface area (Å²) in [4.78, 5) is 12.5. The number of ether oxygens (including phenoxy) is 1. The zero-order valence-corrected chi connectivity index (χ0v) is 15.5. The largest absolute Gasteiger partial charge is 0.488 e. The van der Waals surface area contributed by atoms with Crippen molar-refractivity contribution in [1.82, 2.24) is 10.5 Å². The van der Waals surface area contributed by atoms with E-state index in [0.29, 0.717) is 11.3 Å².